The predicted octanol–water partition coefficient (Wildman–Crippen LogP) is 2.61. The van der Waals surface area contributed by atoms with E-state index >= 15 is 0 Å². The zero-order valence-corrected chi connectivity index (χ0v) is 13.5. The minimum absolute atomic E-state index is 0.0489. The van der Waals surface area contributed by atoms with E-state index in [2.05, 4.69) is 36.5 Å². The summed E-state index contributed by atoms with van der Waals surface area (Å²) in [6.45, 7) is 2.89. The highest BCUT2D eigenvalue weighted by molar-refractivity contribution is 5.77. The molecule has 0 spiro atoms. The van der Waals surface area contributed by atoms with Crippen molar-refractivity contribution in [2.75, 3.05) is 13.1 Å². The molecule has 1 aliphatic heterocycles. The molecule has 2 amide bonds. The lowest BCUT2D eigenvalue weighted by Crippen LogP contribution is -2.45. The van der Waals surface area contributed by atoms with Gasteiger partial charge in [-0.2, -0.15) is 0 Å². The number of amides is 2. The summed E-state index contributed by atoms with van der Waals surface area (Å²) in [5, 5.41) is 12.1. The second-order valence-electron chi connectivity index (χ2n) is 6.71. The highest BCUT2D eigenvalue weighted by Crippen LogP contribution is 2.33. The minimum atomic E-state index is -0.811. The number of hydrogen-bond acceptors (Lipinski definition) is 2. The van der Waals surface area contributed by atoms with Crippen LogP contribution in [0.25, 0.3) is 0 Å². The summed E-state index contributed by atoms with van der Waals surface area (Å²) in [4.78, 5) is 25.0. The first-order valence-electron chi connectivity index (χ1n) is 8.42. The molecular weight excluding hydrogens is 292 g/mol. The summed E-state index contributed by atoms with van der Waals surface area (Å²) in [5.41, 5.74) is 2.73. The number of nitrogens with zero attached hydrogens (tertiary/aromatic N) is 1. The average molecular weight is 316 g/mol. The molecule has 0 aromatic heterocycles. The van der Waals surface area contributed by atoms with Crippen molar-refractivity contribution in [3.8, 4) is 0 Å². The van der Waals surface area contributed by atoms with Crippen molar-refractivity contribution in [3.05, 3.63) is 35.4 Å². The highest BCUT2D eigenvalue weighted by Gasteiger charge is 2.32. The molecular formula is C18H24N2O3. The minimum Gasteiger partial charge on any atom is -0.481 e. The van der Waals surface area contributed by atoms with Crippen LogP contribution >= 0.6 is 0 Å². The lowest BCUT2D eigenvalue weighted by Gasteiger charge is -2.32. The molecule has 1 aliphatic carbocycles. The summed E-state index contributed by atoms with van der Waals surface area (Å²) in [6.07, 6.45) is 3.88. The predicted molar refractivity (Wildman–Crippen MR) is 87.4 cm³/mol. The van der Waals surface area contributed by atoms with Gasteiger partial charge in [-0.05, 0) is 43.7 Å². The third-order valence-corrected chi connectivity index (χ3v) is 5.20. The Balaban J connectivity index is 1.63. The third-order valence-electron chi connectivity index (χ3n) is 5.20. The number of carboxylic acids is 1. The summed E-state index contributed by atoms with van der Waals surface area (Å²) in [7, 11) is 0. The smallest absolute Gasteiger partial charge is 0.317 e. The molecule has 1 fully saturated rings. The van der Waals surface area contributed by atoms with Gasteiger partial charge in [-0.25, -0.2) is 4.79 Å². The maximum atomic E-state index is 12.4. The number of benzene rings is 1. The second kappa shape index (κ2) is 6.60. The van der Waals surface area contributed by atoms with Crippen molar-refractivity contribution < 1.29 is 14.7 Å². The normalized spacial score (nSPS) is 24.8. The Bertz CT molecular complexity index is 602. The largest absolute Gasteiger partial charge is 0.481 e. The van der Waals surface area contributed by atoms with Gasteiger partial charge in [0.2, 0.25) is 0 Å². The van der Waals surface area contributed by atoms with Crippen molar-refractivity contribution in [3.63, 3.8) is 0 Å². The van der Waals surface area contributed by atoms with Crippen molar-refractivity contribution >= 4 is 12.0 Å². The van der Waals surface area contributed by atoms with Gasteiger partial charge in [0, 0.05) is 25.0 Å². The Hall–Kier alpha value is -2.04. The highest BCUT2D eigenvalue weighted by atomic mass is 16.4. The molecule has 5 nitrogen and oxygen atoms in total. The van der Waals surface area contributed by atoms with Crippen molar-refractivity contribution in [2.24, 2.45) is 5.92 Å². The van der Waals surface area contributed by atoms with Crippen LogP contribution in [0.4, 0.5) is 4.79 Å². The molecule has 23 heavy (non-hydrogen) atoms. The van der Waals surface area contributed by atoms with E-state index in [1.165, 1.54) is 11.1 Å². The maximum Gasteiger partial charge on any atom is 0.317 e. The van der Waals surface area contributed by atoms with Crippen LogP contribution in [0.3, 0.4) is 0 Å². The van der Waals surface area contributed by atoms with Crippen molar-refractivity contribution in [1.29, 1.82) is 0 Å². The fourth-order valence-corrected chi connectivity index (χ4v) is 3.84. The SMILES string of the molecule is C[C@@H](NC(=O)N1CCC(C(=O)O)C1)C1CCCc2ccccc21. The van der Waals surface area contributed by atoms with Crippen LogP contribution in [-0.4, -0.2) is 41.1 Å². The van der Waals surface area contributed by atoms with Gasteiger partial charge >= 0.3 is 12.0 Å². The molecule has 1 saturated heterocycles. The zero-order valence-electron chi connectivity index (χ0n) is 13.5. The monoisotopic (exact) mass is 316 g/mol. The number of urea groups is 1. The maximum absolute atomic E-state index is 12.4. The molecule has 3 rings (SSSR count). The van der Waals surface area contributed by atoms with Crippen LogP contribution < -0.4 is 5.32 Å². The van der Waals surface area contributed by atoms with E-state index in [1.807, 2.05) is 0 Å². The molecule has 1 aromatic carbocycles. The van der Waals surface area contributed by atoms with Gasteiger partial charge in [-0.3, -0.25) is 4.79 Å². The number of aryl methyl sites for hydroxylation is 1. The third kappa shape index (κ3) is 3.33. The molecule has 1 aromatic rings. The Morgan fingerprint density at radius 2 is 2.09 bits per heavy atom. The Morgan fingerprint density at radius 1 is 1.30 bits per heavy atom. The molecule has 3 atom stereocenters. The molecule has 2 unspecified atom stereocenters. The van der Waals surface area contributed by atoms with E-state index in [0.29, 0.717) is 25.4 Å². The molecule has 2 N–H and O–H groups in total. The van der Waals surface area contributed by atoms with Gasteiger partial charge in [0.25, 0.3) is 0 Å². The Labute approximate surface area is 136 Å². The van der Waals surface area contributed by atoms with Gasteiger partial charge < -0.3 is 15.3 Å². The summed E-state index contributed by atoms with van der Waals surface area (Å²) in [5.74, 6) is -0.900. The summed E-state index contributed by atoms with van der Waals surface area (Å²) in [6, 6.07) is 8.38. The first kappa shape index (κ1) is 15.8. The van der Waals surface area contributed by atoms with E-state index in [0.717, 1.165) is 19.3 Å². The Morgan fingerprint density at radius 3 is 2.83 bits per heavy atom. The van der Waals surface area contributed by atoms with E-state index < -0.39 is 11.9 Å². The average Bonchev–Trinajstić information content (AvgIpc) is 3.04. The second-order valence-corrected chi connectivity index (χ2v) is 6.71. The number of carbonyl (C=O) groups excluding carboxylic acids is 1. The van der Waals surface area contributed by atoms with Crippen LogP contribution in [-0.2, 0) is 11.2 Å². The van der Waals surface area contributed by atoms with Crippen molar-refractivity contribution in [1.82, 2.24) is 10.2 Å². The van der Waals surface area contributed by atoms with Gasteiger partial charge in [0.1, 0.15) is 0 Å². The molecule has 0 bridgehead atoms. The van der Waals surface area contributed by atoms with Gasteiger partial charge in [-0.15, -0.1) is 0 Å². The van der Waals surface area contributed by atoms with Crippen LogP contribution in [0, 0.1) is 5.92 Å². The quantitative estimate of drug-likeness (QED) is 0.900. The van der Waals surface area contributed by atoms with Crippen LogP contribution in [0.15, 0.2) is 24.3 Å². The number of fused-ring (bicyclic) bond motifs is 1. The van der Waals surface area contributed by atoms with Gasteiger partial charge in [0.05, 0.1) is 5.92 Å². The molecule has 0 radical (unpaired) electrons. The first-order valence-corrected chi connectivity index (χ1v) is 8.42. The van der Waals surface area contributed by atoms with E-state index in [9.17, 15) is 9.59 Å². The summed E-state index contributed by atoms with van der Waals surface area (Å²) < 4.78 is 0. The molecule has 1 heterocycles. The van der Waals surface area contributed by atoms with Gasteiger partial charge in [-0.1, -0.05) is 24.3 Å². The van der Waals surface area contributed by atoms with Crippen molar-refractivity contribution in [2.45, 2.75) is 44.6 Å². The van der Waals surface area contributed by atoms with Gasteiger partial charge in [0.15, 0.2) is 0 Å². The van der Waals surface area contributed by atoms with Crippen LogP contribution in [0.5, 0.6) is 0 Å². The number of aliphatic carboxylic acids is 1. The molecule has 2 aliphatic rings. The standard InChI is InChI=1S/C18H24N2O3/c1-12(15-8-4-6-13-5-2-3-7-16(13)15)19-18(23)20-10-9-14(11-20)17(21)22/h2-3,5,7,12,14-15H,4,6,8-11H2,1H3,(H,19,23)(H,21,22)/t12-,14?,15?/m1/s1. The van der Waals surface area contributed by atoms with E-state index in [-0.39, 0.29) is 12.1 Å². The number of carbonyl (C=O) groups is 2. The molecule has 0 saturated carbocycles. The number of rotatable bonds is 3. The Kier molecular flexibility index (Phi) is 4.55. The zero-order chi connectivity index (χ0) is 16.4. The molecule has 5 heteroatoms. The lowest BCUT2D eigenvalue weighted by molar-refractivity contribution is -0.141. The van der Waals surface area contributed by atoms with E-state index in [1.54, 1.807) is 4.90 Å². The topological polar surface area (TPSA) is 69.6 Å². The lowest BCUT2D eigenvalue weighted by atomic mass is 9.79. The van der Waals surface area contributed by atoms with Crippen LogP contribution in [0.1, 0.15) is 43.2 Å². The molecule has 124 valence electrons. The number of carboxylic acid groups (broad SMARTS) is 1. The fraction of sp³-hybridized carbons (Fsp3) is 0.556. The van der Waals surface area contributed by atoms with E-state index in [4.69, 9.17) is 5.11 Å². The number of nitrogens with one attached hydrogen (secondary N) is 1. The first-order chi connectivity index (χ1) is 11.1. The van der Waals surface area contributed by atoms with Crippen LogP contribution in [0.2, 0.25) is 0 Å². The summed E-state index contributed by atoms with van der Waals surface area (Å²) >= 11 is 0. The number of likely N-dealkylation sites (tertiary alicyclic amines) is 1. The fourth-order valence-electron chi connectivity index (χ4n) is 3.84. The number of hydrogen-bond donors (Lipinski definition) is 2.